The molecule has 0 saturated carbocycles. The van der Waals surface area contributed by atoms with Crippen LogP contribution in [-0.4, -0.2) is 247 Å². The zero-order chi connectivity index (χ0) is 80.3. The van der Waals surface area contributed by atoms with E-state index in [2.05, 4.69) is 53.2 Å². The van der Waals surface area contributed by atoms with Crippen LogP contribution >= 0.6 is 0 Å². The summed E-state index contributed by atoms with van der Waals surface area (Å²) in [5, 5.41) is 91.5. The van der Waals surface area contributed by atoms with Crippen LogP contribution in [0, 0.1) is 35.5 Å². The number of rotatable bonds is 24. The van der Waals surface area contributed by atoms with Gasteiger partial charge in [-0.05, 0) is 92.2 Å². The number of carbonyl (C=O) groups excluding carboxylic acids is 14. The molecule has 35 heteroatoms. The van der Waals surface area contributed by atoms with Crippen molar-refractivity contribution in [3.63, 3.8) is 0 Å². The maximum Gasteiger partial charge on any atom is 0.404 e. The van der Waals surface area contributed by atoms with Gasteiger partial charge in [-0.15, -0.1) is 0 Å². The minimum absolute atomic E-state index is 0.00780. The highest BCUT2D eigenvalue weighted by Gasteiger charge is 2.46. The topological polar surface area (TPSA) is 548 Å². The monoisotopic (exact) mass is 1500 g/mol. The highest BCUT2D eigenvalue weighted by Crippen LogP contribution is 2.27. The number of fused-ring (bicyclic) bond motifs is 1. The number of carbonyl (C=O) groups is 14. The van der Waals surface area contributed by atoms with Gasteiger partial charge in [0.25, 0.3) is 0 Å². The van der Waals surface area contributed by atoms with Crippen molar-refractivity contribution in [2.75, 3.05) is 26.8 Å². The molecule has 0 bridgehead atoms. The molecule has 20 N–H and O–H groups in total. The third-order valence-electron chi connectivity index (χ3n) is 19.1. The third kappa shape index (κ3) is 28.2. The van der Waals surface area contributed by atoms with E-state index in [4.69, 9.17) is 16.2 Å². The van der Waals surface area contributed by atoms with Gasteiger partial charge >= 0.3 is 6.09 Å². The Kier molecular flexibility index (Phi) is 37.7. The van der Waals surface area contributed by atoms with Crippen LogP contribution in [0.1, 0.15) is 166 Å². The van der Waals surface area contributed by atoms with Crippen LogP contribution in [0.15, 0.2) is 24.3 Å². The number of ether oxygens (including phenoxy) is 1. The highest BCUT2D eigenvalue weighted by atomic mass is 16.5. The van der Waals surface area contributed by atoms with Gasteiger partial charge < -0.3 is 110 Å². The highest BCUT2D eigenvalue weighted by molar-refractivity contribution is 6.00. The summed E-state index contributed by atoms with van der Waals surface area (Å²) >= 11 is 0. The summed E-state index contributed by atoms with van der Waals surface area (Å²) in [6, 6.07) is -14.2. The molecule has 4 unspecified atom stereocenters. The van der Waals surface area contributed by atoms with Gasteiger partial charge in [0.1, 0.15) is 78.3 Å². The van der Waals surface area contributed by atoms with Crippen molar-refractivity contribution in [1.29, 1.82) is 0 Å². The van der Waals surface area contributed by atoms with Crippen molar-refractivity contribution in [2.45, 2.75) is 264 Å². The number of nitrogens with zero attached hydrogens (tertiary/aromatic N) is 2. The van der Waals surface area contributed by atoms with Crippen LogP contribution < -0.4 is 64.6 Å². The van der Waals surface area contributed by atoms with Crippen molar-refractivity contribution in [2.24, 2.45) is 47.0 Å². The van der Waals surface area contributed by atoms with Crippen LogP contribution in [0.5, 0.6) is 5.75 Å². The SMILES string of the molecule is CCCC(O)C[C@@H]1CC(=O)N[C@@H]([C@H](C)CC)C(=O)N[C@H](C(O)C(C)C)C(=O)N[C@@H](CCOC(N)=O)C(=O)N[C@H](CC(C)C)C(=O)N[C@@H](CCC(N)=O)C(=O)N(C)[C@@H]([C@@H](C)CC)C(=O)N[C@H](C(O)CO)C(=O)N[C@H](C(C)C)C(=O)N2CC(C)C[C@H]2C(=O)N[C@H](Cc2ccc(O)cc2)C(=O)N[C@@H]([C@@H](C)O)C(=O)N1. The lowest BCUT2D eigenvalue weighted by molar-refractivity contribution is -0.146. The molecule has 1 aromatic rings. The van der Waals surface area contributed by atoms with E-state index in [1.807, 2.05) is 0 Å². The molecule has 3 rings (SSSR count). The number of phenols is 1. The number of benzene rings is 1. The Labute approximate surface area is 619 Å². The lowest BCUT2D eigenvalue weighted by Gasteiger charge is -2.36. The van der Waals surface area contributed by atoms with Crippen LogP contribution in [0.2, 0.25) is 0 Å². The Morgan fingerprint density at radius 1 is 0.585 bits per heavy atom. The lowest BCUT2D eigenvalue weighted by atomic mass is 9.94. The molecule has 2 saturated heterocycles. The number of aliphatic hydroxyl groups is 5. The second-order valence-electron chi connectivity index (χ2n) is 29.3. The van der Waals surface area contributed by atoms with E-state index in [9.17, 15) is 97.8 Å². The second kappa shape index (κ2) is 43.7. The Morgan fingerprint density at radius 2 is 1.11 bits per heavy atom. The molecule has 2 fully saturated rings. The van der Waals surface area contributed by atoms with Crippen LogP contribution in [0.3, 0.4) is 0 Å². The van der Waals surface area contributed by atoms with Crippen LogP contribution in [-0.2, 0) is 73.5 Å². The van der Waals surface area contributed by atoms with E-state index in [0.717, 1.165) is 4.90 Å². The van der Waals surface area contributed by atoms with Gasteiger partial charge in [-0.1, -0.05) is 114 Å². The fourth-order valence-electron chi connectivity index (χ4n) is 12.5. The fraction of sp³-hybridized carbons (Fsp3) is 0.718. The molecule has 0 aliphatic carbocycles. The molecule has 0 aromatic heterocycles. The van der Waals surface area contributed by atoms with Crippen molar-refractivity contribution >= 4 is 82.9 Å². The normalized spacial score (nSPS) is 27.3. The first-order chi connectivity index (χ1) is 49.6. The smallest absolute Gasteiger partial charge is 0.404 e. The number of hydrogen-bond acceptors (Lipinski definition) is 21. The second-order valence-corrected chi connectivity index (χ2v) is 29.3. The van der Waals surface area contributed by atoms with Crippen molar-refractivity contribution in [1.82, 2.24) is 63.0 Å². The van der Waals surface area contributed by atoms with E-state index in [-0.39, 0.29) is 63.2 Å². The van der Waals surface area contributed by atoms with Gasteiger partial charge in [-0.3, -0.25) is 62.3 Å². The molecule has 35 nitrogen and oxygen atoms in total. The zero-order valence-electron chi connectivity index (χ0n) is 63.5. The first-order valence-corrected chi connectivity index (χ1v) is 36.5. The van der Waals surface area contributed by atoms with E-state index in [1.165, 1.54) is 57.0 Å². The molecule has 14 amide bonds. The number of hydrogen-bond donors (Lipinski definition) is 18. The number of amides is 14. The quantitative estimate of drug-likeness (QED) is 0.0494. The molecule has 598 valence electrons. The largest absolute Gasteiger partial charge is 0.508 e. The lowest BCUT2D eigenvalue weighted by Crippen LogP contribution is -2.64. The number of likely N-dealkylation sites (N-methyl/N-ethyl adjacent to an activating group) is 1. The summed E-state index contributed by atoms with van der Waals surface area (Å²) in [5.41, 5.74) is 11.2. The van der Waals surface area contributed by atoms with Gasteiger partial charge in [-0.2, -0.15) is 0 Å². The number of nitrogens with two attached hydrogens (primary N) is 2. The maximum atomic E-state index is 15.0. The fourth-order valence-corrected chi connectivity index (χ4v) is 12.5. The molecule has 106 heavy (non-hydrogen) atoms. The van der Waals surface area contributed by atoms with Crippen molar-refractivity contribution in [3.05, 3.63) is 29.8 Å². The summed E-state index contributed by atoms with van der Waals surface area (Å²) in [7, 11) is 1.18. The van der Waals surface area contributed by atoms with Gasteiger partial charge in [-0.25, -0.2) is 4.79 Å². The summed E-state index contributed by atoms with van der Waals surface area (Å²) in [6.45, 7) is 18.8. The van der Waals surface area contributed by atoms with Gasteiger partial charge in [0.05, 0.1) is 31.5 Å². The van der Waals surface area contributed by atoms with Crippen molar-refractivity contribution < 1.29 is 102 Å². The average molecular weight is 1500 g/mol. The summed E-state index contributed by atoms with van der Waals surface area (Å²) < 4.78 is 4.93. The Bertz CT molecular complexity index is 3160. The van der Waals surface area contributed by atoms with Crippen LogP contribution in [0.4, 0.5) is 4.79 Å². The van der Waals surface area contributed by atoms with Gasteiger partial charge in [0, 0.05) is 45.3 Å². The molecular weight excluding hydrogens is 1380 g/mol. The predicted octanol–water partition coefficient (Wildman–Crippen LogP) is -2.90. The minimum atomic E-state index is -2.07. The number of nitrogens with one attached hydrogen (secondary N) is 10. The molecule has 1 aromatic carbocycles. The summed E-state index contributed by atoms with van der Waals surface area (Å²) in [4.78, 5) is 203. The standard InChI is InChI=1S/C71H118N14O21/c1-15-18-44(89)30-42-31-52(92)79-54(38(11)16-2)64(98)83-57(59(93)36(8)9)67(101)75-45(25-26-106-71(73)105)60(94)77-47(27-34(4)5)61(95)76-46(23-24-51(72)91)69(103)84(14)58(39(12)17-3)68(102)82-56(50(90)33-86)66(100)80-53(35(6)7)70(104)85-32-37(10)28-49(85)63(97)78-48(29-41-19-21-43(88)22-20-41)62(96)81-55(40(13)87)65(99)74-42/h19-22,34-40,42,44-50,53-59,86-90,93H,15-18,23-33H2,1-14H3,(H2,72,91)(H2,73,105)(H,74,99)(H,75,101)(H,76,95)(H,77,94)(H,78,97)(H,79,92)(H,80,100)(H,81,96)(H,82,102)(H,83,98)/t37?,38-,39+,40-,42-,44?,45+,46+,47-,48-,49+,50?,53-,54+,55+,56-,57-,58+,59?/m1/s1. The number of phenolic OH excluding ortho intramolecular Hbond substituents is 1. The zero-order valence-corrected chi connectivity index (χ0v) is 63.5. The molecule has 2 heterocycles. The van der Waals surface area contributed by atoms with Gasteiger partial charge in [0.15, 0.2) is 0 Å². The van der Waals surface area contributed by atoms with Crippen LogP contribution in [0.25, 0.3) is 0 Å². The number of aliphatic hydroxyl groups excluding tert-OH is 5. The van der Waals surface area contributed by atoms with Crippen molar-refractivity contribution in [3.8, 4) is 5.75 Å². The first kappa shape index (κ1) is 91.4. The molecule has 0 radical (unpaired) electrons. The van der Waals surface area contributed by atoms with E-state index in [1.54, 1.807) is 69.2 Å². The maximum absolute atomic E-state index is 15.0. The number of primary amides is 2. The minimum Gasteiger partial charge on any atom is -0.508 e. The third-order valence-corrected chi connectivity index (χ3v) is 19.1. The Balaban J connectivity index is 2.40. The Hall–Kier alpha value is -8.80. The average Bonchev–Trinajstić information content (AvgIpc) is 1.71. The molecule has 0 spiro atoms. The number of aromatic hydroxyl groups is 1. The molecule has 19 atom stereocenters. The van der Waals surface area contributed by atoms with E-state index in [0.29, 0.717) is 12.0 Å². The summed E-state index contributed by atoms with van der Waals surface area (Å²) in [6.07, 6.45) is -9.89. The van der Waals surface area contributed by atoms with E-state index < -0.39 is 248 Å². The van der Waals surface area contributed by atoms with Gasteiger partial charge in [0.2, 0.25) is 76.8 Å². The molecule has 2 aliphatic rings. The summed E-state index contributed by atoms with van der Waals surface area (Å²) in [5.74, 6) is -17.4. The molecule has 2 aliphatic heterocycles. The molecular formula is C71H118N14O21. The predicted molar refractivity (Wildman–Crippen MR) is 385 cm³/mol. The Morgan fingerprint density at radius 3 is 1.66 bits per heavy atom. The van der Waals surface area contributed by atoms with E-state index >= 15 is 0 Å². The first-order valence-electron chi connectivity index (χ1n) is 36.5.